The predicted molar refractivity (Wildman–Crippen MR) is 95.2 cm³/mol. The van der Waals surface area contributed by atoms with E-state index in [2.05, 4.69) is 13.8 Å². The van der Waals surface area contributed by atoms with Crippen LogP contribution in [0.1, 0.15) is 34.6 Å². The van der Waals surface area contributed by atoms with Gasteiger partial charge in [-0.1, -0.05) is 46.8 Å². The fourth-order valence-corrected chi connectivity index (χ4v) is 3.60. The zero-order valence-electron chi connectivity index (χ0n) is 14.8. The number of ether oxygens (including phenoxy) is 2. The Morgan fingerprint density at radius 2 is 1.65 bits per heavy atom. The van der Waals surface area contributed by atoms with Gasteiger partial charge >= 0.3 is 5.97 Å². The lowest BCUT2D eigenvalue weighted by atomic mass is 10.2. The summed E-state index contributed by atoms with van der Waals surface area (Å²) < 4.78 is 23.6. The Hall–Kier alpha value is -1.28. The van der Waals surface area contributed by atoms with E-state index in [9.17, 15) is 9.36 Å². The van der Waals surface area contributed by atoms with Gasteiger partial charge in [0.05, 0.1) is 24.4 Å². The largest absolute Gasteiger partial charge is 0.493 e. The van der Waals surface area contributed by atoms with Gasteiger partial charge in [-0.2, -0.15) is 0 Å². The molecule has 0 N–H and O–H groups in total. The zero-order chi connectivity index (χ0) is 17.4. The van der Waals surface area contributed by atoms with Crippen LogP contribution < -0.4 is 10.0 Å². The normalized spacial score (nSPS) is 13.9. The molecule has 0 fully saturated rings. The topological polar surface area (TPSA) is 52.6 Å². The highest BCUT2D eigenvalue weighted by molar-refractivity contribution is 7.53. The quantitative estimate of drug-likeness (QED) is 0.507. The van der Waals surface area contributed by atoms with E-state index in [1.165, 1.54) is 0 Å². The van der Waals surface area contributed by atoms with Crippen molar-refractivity contribution in [2.45, 2.75) is 34.6 Å². The molecule has 0 bridgehead atoms. The Morgan fingerprint density at radius 1 is 1.04 bits per heavy atom. The van der Waals surface area contributed by atoms with Crippen molar-refractivity contribution in [3.63, 3.8) is 0 Å². The van der Waals surface area contributed by atoms with Crippen LogP contribution in [0.3, 0.4) is 0 Å². The van der Waals surface area contributed by atoms with Gasteiger partial charge in [0.2, 0.25) is 0 Å². The average Bonchev–Trinajstić information content (AvgIpc) is 2.50. The number of carbonyl (C=O) groups excluding carboxylic acids is 1. The van der Waals surface area contributed by atoms with E-state index in [1.807, 2.05) is 38.1 Å². The van der Waals surface area contributed by atoms with Crippen LogP contribution in [0.5, 0.6) is 5.75 Å². The van der Waals surface area contributed by atoms with Crippen LogP contribution in [-0.2, 0) is 14.1 Å². The molecule has 23 heavy (non-hydrogen) atoms. The molecule has 0 saturated carbocycles. The molecule has 0 heterocycles. The second kappa shape index (κ2) is 9.77. The summed E-state index contributed by atoms with van der Waals surface area (Å²) in [5, 5.41) is 0.710. The number of para-hydroxylation sites is 1. The zero-order valence-corrected chi connectivity index (χ0v) is 15.8. The van der Waals surface area contributed by atoms with Gasteiger partial charge in [0, 0.05) is 6.16 Å². The summed E-state index contributed by atoms with van der Waals surface area (Å²) in [5.41, 5.74) is 0. The van der Waals surface area contributed by atoms with Gasteiger partial charge < -0.3 is 14.0 Å². The number of esters is 1. The fourth-order valence-electron chi connectivity index (χ4n) is 1.94. The number of hydrogen-bond donors (Lipinski definition) is 0. The van der Waals surface area contributed by atoms with Crippen LogP contribution in [0.4, 0.5) is 0 Å². The minimum Gasteiger partial charge on any atom is -0.493 e. The Morgan fingerprint density at radius 3 is 2.26 bits per heavy atom. The monoisotopic (exact) mass is 340 g/mol. The van der Waals surface area contributed by atoms with Crippen molar-refractivity contribution >= 4 is 19.1 Å². The van der Waals surface area contributed by atoms with Crippen molar-refractivity contribution in [1.29, 1.82) is 0 Å². The molecular formula is C18H29O4P. The van der Waals surface area contributed by atoms with Gasteiger partial charge in [-0.05, 0) is 24.0 Å². The third kappa shape index (κ3) is 7.22. The molecule has 0 aromatic heterocycles. The minimum absolute atomic E-state index is 0.280. The molecule has 1 aromatic carbocycles. The van der Waals surface area contributed by atoms with Gasteiger partial charge in [0.1, 0.15) is 13.6 Å². The Bertz CT molecular complexity index is 526. The SMILES string of the molecule is CC(C)COC(=O)C(C)C[PH](=O)c1ccccc1OCC(C)C. The number of benzene rings is 1. The van der Waals surface area contributed by atoms with Crippen molar-refractivity contribution < 1.29 is 18.8 Å². The van der Waals surface area contributed by atoms with Crippen LogP contribution in [0.2, 0.25) is 0 Å². The molecule has 5 heteroatoms. The molecule has 4 nitrogen and oxygen atoms in total. The maximum Gasteiger partial charge on any atom is 0.309 e. The molecule has 0 aliphatic rings. The lowest BCUT2D eigenvalue weighted by Crippen LogP contribution is -2.20. The molecule has 2 atom stereocenters. The summed E-state index contributed by atoms with van der Waals surface area (Å²) >= 11 is 0. The highest BCUT2D eigenvalue weighted by atomic mass is 31.1. The summed E-state index contributed by atoms with van der Waals surface area (Å²) in [6.07, 6.45) is 0.309. The maximum absolute atomic E-state index is 12.7. The van der Waals surface area contributed by atoms with Gasteiger partial charge in [0.15, 0.2) is 0 Å². The second-order valence-electron chi connectivity index (χ2n) is 6.75. The summed E-state index contributed by atoms with van der Waals surface area (Å²) in [5.74, 6) is 0.701. The standard InChI is InChI=1S/C18H29O4P/c1-13(2)10-21-16-8-6-7-9-17(16)23(20)12-15(5)18(19)22-11-14(3)4/h6-9,13-15,23H,10-12H2,1-5H3. The van der Waals surface area contributed by atoms with Gasteiger partial charge in [0.25, 0.3) is 0 Å². The first kappa shape index (κ1) is 19.8. The molecule has 0 saturated heterocycles. The van der Waals surface area contributed by atoms with Crippen LogP contribution in [0.15, 0.2) is 24.3 Å². The average molecular weight is 340 g/mol. The number of hydrogen-bond acceptors (Lipinski definition) is 4. The minimum atomic E-state index is -2.10. The summed E-state index contributed by atoms with van der Waals surface area (Å²) in [4.78, 5) is 11.9. The van der Waals surface area contributed by atoms with Crippen molar-refractivity contribution in [2.75, 3.05) is 19.4 Å². The van der Waals surface area contributed by atoms with E-state index < -0.39 is 7.80 Å². The fraction of sp³-hybridized carbons (Fsp3) is 0.611. The maximum atomic E-state index is 12.7. The molecule has 1 aromatic rings. The second-order valence-corrected chi connectivity index (χ2v) is 8.55. The molecule has 0 aliphatic heterocycles. The lowest BCUT2D eigenvalue weighted by Gasteiger charge is -2.15. The van der Waals surface area contributed by atoms with Crippen molar-refractivity contribution in [3.05, 3.63) is 24.3 Å². The Balaban J connectivity index is 2.68. The third-order valence-corrected chi connectivity index (χ3v) is 5.21. The van der Waals surface area contributed by atoms with Crippen LogP contribution in [0, 0.1) is 17.8 Å². The van der Waals surface area contributed by atoms with Crippen LogP contribution >= 0.6 is 7.80 Å². The summed E-state index contributed by atoms with van der Waals surface area (Å²) in [7, 11) is -2.10. The molecule has 0 radical (unpaired) electrons. The summed E-state index contributed by atoms with van der Waals surface area (Å²) in [6.45, 7) is 10.9. The number of rotatable bonds is 9. The van der Waals surface area contributed by atoms with E-state index in [1.54, 1.807) is 6.92 Å². The van der Waals surface area contributed by atoms with Gasteiger partial charge in [-0.3, -0.25) is 4.79 Å². The van der Waals surface area contributed by atoms with Crippen molar-refractivity contribution in [1.82, 2.24) is 0 Å². The van der Waals surface area contributed by atoms with E-state index >= 15 is 0 Å². The highest BCUT2D eigenvalue weighted by Gasteiger charge is 2.20. The molecule has 0 spiro atoms. The molecule has 2 unspecified atom stereocenters. The highest BCUT2D eigenvalue weighted by Crippen LogP contribution is 2.29. The predicted octanol–water partition coefficient (Wildman–Crippen LogP) is 3.74. The Labute approximate surface area is 140 Å². The van der Waals surface area contributed by atoms with Crippen molar-refractivity contribution in [3.8, 4) is 5.75 Å². The third-order valence-electron chi connectivity index (χ3n) is 3.21. The van der Waals surface area contributed by atoms with Gasteiger partial charge in [-0.15, -0.1) is 0 Å². The smallest absolute Gasteiger partial charge is 0.309 e. The van der Waals surface area contributed by atoms with Crippen LogP contribution in [0.25, 0.3) is 0 Å². The molecule has 0 amide bonds. The van der Waals surface area contributed by atoms with E-state index in [-0.39, 0.29) is 11.9 Å². The van der Waals surface area contributed by atoms with E-state index in [0.29, 0.717) is 42.3 Å². The van der Waals surface area contributed by atoms with E-state index in [0.717, 1.165) is 0 Å². The van der Waals surface area contributed by atoms with Crippen LogP contribution in [-0.4, -0.2) is 25.3 Å². The van der Waals surface area contributed by atoms with Gasteiger partial charge in [-0.25, -0.2) is 0 Å². The molecule has 130 valence electrons. The van der Waals surface area contributed by atoms with E-state index in [4.69, 9.17) is 9.47 Å². The summed E-state index contributed by atoms with van der Waals surface area (Å²) in [6, 6.07) is 7.38. The molecule has 0 aliphatic carbocycles. The molecular weight excluding hydrogens is 311 g/mol. The lowest BCUT2D eigenvalue weighted by molar-refractivity contribution is -0.148. The van der Waals surface area contributed by atoms with Crippen molar-refractivity contribution in [2.24, 2.45) is 17.8 Å². The first-order valence-electron chi connectivity index (χ1n) is 8.22. The molecule has 1 rings (SSSR count). The first-order chi connectivity index (χ1) is 10.8. The number of carbonyl (C=O) groups is 1. The Kier molecular flexibility index (Phi) is 8.40. The first-order valence-corrected chi connectivity index (χ1v) is 9.84.